The Morgan fingerprint density at radius 3 is 2.64 bits per heavy atom. The van der Waals surface area contributed by atoms with E-state index in [0.29, 0.717) is 10.6 Å². The lowest BCUT2D eigenvalue weighted by atomic mass is 9.92. The number of benzene rings is 3. The summed E-state index contributed by atoms with van der Waals surface area (Å²) in [6.07, 6.45) is 0.765. The number of aromatic hydroxyl groups is 1. The smallest absolute Gasteiger partial charge is 0.225 e. The summed E-state index contributed by atoms with van der Waals surface area (Å²) in [5, 5.41) is 18.0. The average molecular weight is 391 g/mol. The molecule has 0 unspecified atom stereocenters. The molecule has 3 aromatic carbocycles. The molecule has 0 aliphatic carbocycles. The number of nitrogens with zero attached hydrogens (tertiary/aromatic N) is 2. The molecule has 28 heavy (non-hydrogen) atoms. The fourth-order valence-electron chi connectivity index (χ4n) is 4.12. The third kappa shape index (κ3) is 2.56. The number of para-hydroxylation sites is 1. The maximum atomic E-state index is 10.6. The van der Waals surface area contributed by atoms with Crippen LogP contribution in [0.25, 0.3) is 0 Å². The fraction of sp³-hybridized carbons (Fsp3) is 0.174. The molecule has 0 spiro atoms. The molecule has 2 aliphatic rings. The van der Waals surface area contributed by atoms with Crippen LogP contribution in [-0.4, -0.2) is 15.8 Å². The van der Waals surface area contributed by atoms with Crippen molar-refractivity contribution < 1.29 is 9.84 Å². The van der Waals surface area contributed by atoms with Gasteiger partial charge in [0, 0.05) is 23.9 Å². The molecule has 5 heteroatoms. The first-order valence-corrected chi connectivity index (χ1v) is 9.63. The summed E-state index contributed by atoms with van der Waals surface area (Å²) in [4.78, 5) is 0. The first-order chi connectivity index (χ1) is 13.6. The summed E-state index contributed by atoms with van der Waals surface area (Å²) in [7, 11) is 0. The van der Waals surface area contributed by atoms with E-state index in [4.69, 9.17) is 21.4 Å². The minimum absolute atomic E-state index is 0.0172. The standard InChI is InChI=1S/C23H19ClN2O2/c1-23(18-13-16(24)11-12-21(18)27)26-20(17-9-5-6-10-22(17)28-23)14-19(25-26)15-7-3-2-4-8-15/h2-13,20,27H,14H2,1H3/t20-,23-/m1/s1. The van der Waals surface area contributed by atoms with Crippen LogP contribution in [0.1, 0.15) is 36.1 Å². The predicted molar refractivity (Wildman–Crippen MR) is 110 cm³/mol. The van der Waals surface area contributed by atoms with Crippen LogP contribution in [0, 0.1) is 0 Å². The lowest BCUT2D eigenvalue weighted by Gasteiger charge is -2.46. The molecule has 4 nitrogen and oxygen atoms in total. The Morgan fingerprint density at radius 1 is 1.07 bits per heavy atom. The van der Waals surface area contributed by atoms with Crippen molar-refractivity contribution >= 4 is 17.3 Å². The highest BCUT2D eigenvalue weighted by atomic mass is 35.5. The number of hydrogen-bond acceptors (Lipinski definition) is 4. The number of ether oxygens (including phenoxy) is 1. The lowest BCUT2D eigenvalue weighted by molar-refractivity contribution is -0.113. The molecular formula is C23H19ClN2O2. The number of phenolic OH excluding ortho intramolecular Hbond substituents is 1. The van der Waals surface area contributed by atoms with E-state index >= 15 is 0 Å². The van der Waals surface area contributed by atoms with Crippen molar-refractivity contribution in [2.45, 2.75) is 25.1 Å². The van der Waals surface area contributed by atoms with E-state index in [0.717, 1.165) is 29.0 Å². The predicted octanol–water partition coefficient (Wildman–Crippen LogP) is 5.46. The summed E-state index contributed by atoms with van der Waals surface area (Å²) in [6.45, 7) is 1.93. The van der Waals surface area contributed by atoms with Gasteiger partial charge >= 0.3 is 0 Å². The van der Waals surface area contributed by atoms with Crippen LogP contribution in [0.2, 0.25) is 5.02 Å². The van der Waals surface area contributed by atoms with Gasteiger partial charge in [-0.25, -0.2) is 5.01 Å². The Balaban J connectivity index is 1.69. The van der Waals surface area contributed by atoms with Gasteiger partial charge in [-0.15, -0.1) is 0 Å². The van der Waals surface area contributed by atoms with Crippen molar-refractivity contribution in [3.05, 3.63) is 94.5 Å². The second-order valence-electron chi connectivity index (χ2n) is 7.26. The average Bonchev–Trinajstić information content (AvgIpc) is 3.17. The number of hydrazone groups is 1. The number of hydrogen-bond donors (Lipinski definition) is 1. The van der Waals surface area contributed by atoms with E-state index in [-0.39, 0.29) is 11.8 Å². The second-order valence-corrected chi connectivity index (χ2v) is 7.70. The zero-order valence-electron chi connectivity index (χ0n) is 15.3. The van der Waals surface area contributed by atoms with Gasteiger partial charge < -0.3 is 9.84 Å². The molecule has 3 aromatic rings. The van der Waals surface area contributed by atoms with Gasteiger partial charge in [-0.1, -0.05) is 60.1 Å². The first-order valence-electron chi connectivity index (χ1n) is 9.25. The maximum Gasteiger partial charge on any atom is 0.225 e. The van der Waals surface area contributed by atoms with Crippen LogP contribution in [0.4, 0.5) is 0 Å². The van der Waals surface area contributed by atoms with Gasteiger partial charge in [0.05, 0.1) is 17.3 Å². The van der Waals surface area contributed by atoms with E-state index in [9.17, 15) is 5.11 Å². The number of phenols is 1. The fourth-order valence-corrected chi connectivity index (χ4v) is 4.29. The molecule has 1 N–H and O–H groups in total. The van der Waals surface area contributed by atoms with Crippen LogP contribution >= 0.6 is 11.6 Å². The third-order valence-corrected chi connectivity index (χ3v) is 5.73. The van der Waals surface area contributed by atoms with Crippen molar-refractivity contribution in [1.29, 1.82) is 0 Å². The number of rotatable bonds is 2. The van der Waals surface area contributed by atoms with Crippen molar-refractivity contribution in [2.75, 3.05) is 0 Å². The van der Waals surface area contributed by atoms with Crippen molar-refractivity contribution in [3.8, 4) is 11.5 Å². The third-order valence-electron chi connectivity index (χ3n) is 5.50. The van der Waals surface area contributed by atoms with Gasteiger partial charge in [-0.05, 0) is 29.8 Å². The van der Waals surface area contributed by atoms with Crippen molar-refractivity contribution in [1.82, 2.24) is 5.01 Å². The Hall–Kier alpha value is -2.98. The Bertz CT molecular complexity index is 1080. The quantitative estimate of drug-likeness (QED) is 0.631. The van der Waals surface area contributed by atoms with Crippen LogP contribution in [-0.2, 0) is 5.72 Å². The number of fused-ring (bicyclic) bond motifs is 3. The van der Waals surface area contributed by atoms with Gasteiger partial charge in [-0.3, -0.25) is 0 Å². The largest absolute Gasteiger partial charge is 0.507 e. The summed E-state index contributed by atoms with van der Waals surface area (Å²) < 4.78 is 6.44. The molecule has 0 bridgehead atoms. The molecule has 0 amide bonds. The van der Waals surface area contributed by atoms with Crippen LogP contribution in [0.5, 0.6) is 11.5 Å². The molecule has 0 radical (unpaired) electrons. The molecule has 5 rings (SSSR count). The molecule has 2 heterocycles. The van der Waals surface area contributed by atoms with Crippen molar-refractivity contribution in [2.24, 2.45) is 5.10 Å². The zero-order chi connectivity index (χ0) is 19.3. The van der Waals surface area contributed by atoms with Crippen LogP contribution in [0.3, 0.4) is 0 Å². The normalized spacial score (nSPS) is 22.9. The van der Waals surface area contributed by atoms with Gasteiger partial charge in [0.2, 0.25) is 5.72 Å². The van der Waals surface area contributed by atoms with Crippen molar-refractivity contribution in [3.63, 3.8) is 0 Å². The molecule has 2 aliphatic heterocycles. The second kappa shape index (κ2) is 6.28. The van der Waals surface area contributed by atoms with E-state index in [1.54, 1.807) is 18.2 Å². The molecule has 0 fully saturated rings. The van der Waals surface area contributed by atoms with E-state index < -0.39 is 5.72 Å². The van der Waals surface area contributed by atoms with Gasteiger partial charge in [-0.2, -0.15) is 5.10 Å². The Labute approximate surface area is 168 Å². The van der Waals surface area contributed by atoms with E-state index in [2.05, 4.69) is 18.2 Å². The highest BCUT2D eigenvalue weighted by Crippen LogP contribution is 2.51. The monoisotopic (exact) mass is 390 g/mol. The van der Waals surface area contributed by atoms with Crippen LogP contribution in [0.15, 0.2) is 77.9 Å². The summed E-state index contributed by atoms with van der Waals surface area (Å²) in [5.41, 5.74) is 2.80. The summed E-state index contributed by atoms with van der Waals surface area (Å²) in [5.74, 6) is 0.934. The van der Waals surface area contributed by atoms with Gasteiger partial charge in [0.25, 0.3) is 0 Å². The SMILES string of the molecule is C[C@]1(c2cc(Cl)ccc2O)Oc2ccccc2[C@H]2CC(c3ccccc3)=NN21. The molecule has 140 valence electrons. The Kier molecular flexibility index (Phi) is 3.84. The van der Waals surface area contributed by atoms with Crippen LogP contribution < -0.4 is 4.74 Å². The molecule has 2 atom stereocenters. The Morgan fingerprint density at radius 2 is 1.82 bits per heavy atom. The highest BCUT2D eigenvalue weighted by molar-refractivity contribution is 6.30. The molecular weight excluding hydrogens is 372 g/mol. The van der Waals surface area contributed by atoms with E-state index in [1.165, 1.54) is 0 Å². The summed E-state index contributed by atoms with van der Waals surface area (Å²) >= 11 is 6.24. The summed E-state index contributed by atoms with van der Waals surface area (Å²) in [6, 6.07) is 23.2. The molecule has 0 saturated heterocycles. The highest BCUT2D eigenvalue weighted by Gasteiger charge is 2.49. The molecule has 0 saturated carbocycles. The minimum atomic E-state index is -0.982. The van der Waals surface area contributed by atoms with E-state index in [1.807, 2.05) is 48.3 Å². The number of halogens is 1. The topological polar surface area (TPSA) is 45.1 Å². The minimum Gasteiger partial charge on any atom is -0.507 e. The van der Waals surface area contributed by atoms with Gasteiger partial charge in [0.15, 0.2) is 0 Å². The molecule has 0 aromatic heterocycles. The first kappa shape index (κ1) is 17.1. The maximum absolute atomic E-state index is 10.6. The zero-order valence-corrected chi connectivity index (χ0v) is 16.1. The van der Waals surface area contributed by atoms with Gasteiger partial charge in [0.1, 0.15) is 11.5 Å². The lowest BCUT2D eigenvalue weighted by Crippen LogP contribution is -2.48.